The quantitative estimate of drug-likeness (QED) is 0.822. The van der Waals surface area contributed by atoms with Crippen LogP contribution in [0.25, 0.3) is 0 Å². The Hall–Kier alpha value is -1.11. The molecule has 0 radical (unpaired) electrons. The normalized spacial score (nSPS) is 13.3. The minimum atomic E-state index is -3.67. The maximum atomic E-state index is 11.3. The van der Waals surface area contributed by atoms with Gasteiger partial charge in [-0.05, 0) is 38.5 Å². The molecule has 3 N–H and O–H groups in total. The number of anilines is 1. The van der Waals surface area contributed by atoms with Gasteiger partial charge in [0.15, 0.2) is 0 Å². The highest BCUT2D eigenvalue weighted by Gasteiger charge is 2.11. The predicted octanol–water partition coefficient (Wildman–Crippen LogP) is 1.48. The summed E-state index contributed by atoms with van der Waals surface area (Å²) in [7, 11) is -3.67. The second kappa shape index (κ2) is 6.17. The average Bonchev–Trinajstić information content (AvgIpc) is 2.28. The zero-order valence-corrected chi connectivity index (χ0v) is 11.8. The standard InChI is InChI=1S/C12H20N2O3S/c1-4-17-8-10(3)14-12-7-11(18(13,15)16)6-5-9(12)2/h5-7,10,14H,4,8H2,1-3H3,(H2,13,15,16). The fraction of sp³-hybridized carbons (Fsp3) is 0.500. The smallest absolute Gasteiger partial charge is 0.238 e. The molecule has 0 aromatic heterocycles. The molecule has 6 heteroatoms. The van der Waals surface area contributed by atoms with Crippen molar-refractivity contribution in [3.05, 3.63) is 23.8 Å². The summed E-state index contributed by atoms with van der Waals surface area (Å²) in [5.41, 5.74) is 1.72. The number of nitrogens with two attached hydrogens (primary N) is 1. The maximum absolute atomic E-state index is 11.3. The Morgan fingerprint density at radius 1 is 1.44 bits per heavy atom. The van der Waals surface area contributed by atoms with Gasteiger partial charge in [-0.3, -0.25) is 0 Å². The molecule has 0 amide bonds. The van der Waals surface area contributed by atoms with E-state index in [9.17, 15) is 8.42 Å². The molecule has 0 saturated carbocycles. The summed E-state index contributed by atoms with van der Waals surface area (Å²) < 4.78 is 27.9. The Morgan fingerprint density at radius 2 is 2.11 bits per heavy atom. The lowest BCUT2D eigenvalue weighted by atomic mass is 10.2. The minimum Gasteiger partial charge on any atom is -0.380 e. The molecule has 0 aliphatic rings. The molecule has 1 rings (SSSR count). The maximum Gasteiger partial charge on any atom is 0.238 e. The molecule has 102 valence electrons. The number of rotatable bonds is 6. The first-order valence-electron chi connectivity index (χ1n) is 5.82. The fourth-order valence-electron chi connectivity index (χ4n) is 1.54. The van der Waals surface area contributed by atoms with Gasteiger partial charge in [-0.15, -0.1) is 0 Å². The van der Waals surface area contributed by atoms with Gasteiger partial charge in [0.05, 0.1) is 11.5 Å². The number of sulfonamides is 1. The van der Waals surface area contributed by atoms with E-state index in [1.54, 1.807) is 12.1 Å². The monoisotopic (exact) mass is 272 g/mol. The number of nitrogens with one attached hydrogen (secondary N) is 1. The number of benzene rings is 1. The van der Waals surface area contributed by atoms with E-state index in [4.69, 9.17) is 9.88 Å². The van der Waals surface area contributed by atoms with E-state index in [-0.39, 0.29) is 10.9 Å². The van der Waals surface area contributed by atoms with Crippen LogP contribution < -0.4 is 10.5 Å². The van der Waals surface area contributed by atoms with Gasteiger partial charge < -0.3 is 10.1 Å². The van der Waals surface area contributed by atoms with Crippen LogP contribution in [0.15, 0.2) is 23.1 Å². The molecule has 0 aliphatic heterocycles. The Balaban J connectivity index is 2.88. The molecular formula is C12H20N2O3S. The summed E-state index contributed by atoms with van der Waals surface area (Å²) in [4.78, 5) is 0.110. The molecule has 5 nitrogen and oxygen atoms in total. The first kappa shape index (κ1) is 14.9. The van der Waals surface area contributed by atoms with E-state index in [0.717, 1.165) is 11.3 Å². The third-order valence-electron chi connectivity index (χ3n) is 2.51. The molecule has 0 aliphatic carbocycles. The number of primary sulfonamides is 1. The number of ether oxygens (including phenoxy) is 1. The summed E-state index contributed by atoms with van der Waals surface area (Å²) in [6.07, 6.45) is 0. The van der Waals surface area contributed by atoms with Gasteiger partial charge in [0, 0.05) is 18.3 Å². The lowest BCUT2D eigenvalue weighted by molar-refractivity contribution is 0.141. The Morgan fingerprint density at radius 3 is 2.67 bits per heavy atom. The van der Waals surface area contributed by atoms with Gasteiger partial charge in [-0.2, -0.15) is 0 Å². The van der Waals surface area contributed by atoms with Crippen LogP contribution in [0.4, 0.5) is 5.69 Å². The third-order valence-corrected chi connectivity index (χ3v) is 3.42. The zero-order valence-electron chi connectivity index (χ0n) is 10.9. The fourth-order valence-corrected chi connectivity index (χ4v) is 2.08. The van der Waals surface area contributed by atoms with E-state index in [2.05, 4.69) is 5.32 Å². The van der Waals surface area contributed by atoms with Crippen LogP contribution in [-0.4, -0.2) is 27.7 Å². The van der Waals surface area contributed by atoms with Crippen LogP contribution >= 0.6 is 0 Å². The van der Waals surface area contributed by atoms with Crippen LogP contribution in [0.1, 0.15) is 19.4 Å². The minimum absolute atomic E-state index is 0.0966. The van der Waals surface area contributed by atoms with Crippen LogP contribution in [0.3, 0.4) is 0 Å². The summed E-state index contributed by atoms with van der Waals surface area (Å²) in [5, 5.41) is 8.32. The molecule has 0 heterocycles. The number of aryl methyl sites for hydroxylation is 1. The molecule has 1 atom stereocenters. The highest BCUT2D eigenvalue weighted by atomic mass is 32.2. The van der Waals surface area contributed by atoms with Crippen LogP contribution in [0.2, 0.25) is 0 Å². The Kier molecular flexibility index (Phi) is 5.13. The van der Waals surface area contributed by atoms with E-state index in [0.29, 0.717) is 13.2 Å². The average molecular weight is 272 g/mol. The lowest BCUT2D eigenvalue weighted by Gasteiger charge is -2.17. The predicted molar refractivity (Wildman–Crippen MR) is 72.1 cm³/mol. The molecule has 0 bridgehead atoms. The van der Waals surface area contributed by atoms with Crippen molar-refractivity contribution < 1.29 is 13.2 Å². The van der Waals surface area contributed by atoms with Crippen molar-refractivity contribution in [1.29, 1.82) is 0 Å². The highest BCUT2D eigenvalue weighted by Crippen LogP contribution is 2.20. The summed E-state index contributed by atoms with van der Waals surface area (Å²) >= 11 is 0. The van der Waals surface area contributed by atoms with Gasteiger partial charge in [-0.25, -0.2) is 13.6 Å². The van der Waals surface area contributed by atoms with Crippen molar-refractivity contribution in [2.24, 2.45) is 5.14 Å². The molecule has 0 saturated heterocycles. The van der Waals surface area contributed by atoms with E-state index in [1.165, 1.54) is 6.07 Å². The topological polar surface area (TPSA) is 81.4 Å². The van der Waals surface area contributed by atoms with Crippen molar-refractivity contribution in [1.82, 2.24) is 0 Å². The molecule has 1 aromatic carbocycles. The van der Waals surface area contributed by atoms with Crippen molar-refractivity contribution in [3.63, 3.8) is 0 Å². The van der Waals surface area contributed by atoms with E-state index >= 15 is 0 Å². The molecule has 1 aromatic rings. The molecule has 0 fully saturated rings. The van der Waals surface area contributed by atoms with Gasteiger partial charge in [0.25, 0.3) is 0 Å². The largest absolute Gasteiger partial charge is 0.380 e. The molecule has 0 spiro atoms. The van der Waals surface area contributed by atoms with Gasteiger partial charge in [0.2, 0.25) is 10.0 Å². The number of hydrogen-bond donors (Lipinski definition) is 2. The molecule has 1 unspecified atom stereocenters. The van der Waals surface area contributed by atoms with Crippen molar-refractivity contribution in [2.45, 2.75) is 31.7 Å². The van der Waals surface area contributed by atoms with Gasteiger partial charge >= 0.3 is 0 Å². The van der Waals surface area contributed by atoms with E-state index < -0.39 is 10.0 Å². The summed E-state index contributed by atoms with van der Waals surface area (Å²) in [6, 6.07) is 4.88. The first-order valence-corrected chi connectivity index (χ1v) is 7.37. The SMILES string of the molecule is CCOCC(C)Nc1cc(S(N)(=O)=O)ccc1C. The molecule has 18 heavy (non-hydrogen) atoms. The summed E-state index contributed by atoms with van der Waals surface area (Å²) in [5.74, 6) is 0. The van der Waals surface area contributed by atoms with Crippen molar-refractivity contribution in [2.75, 3.05) is 18.5 Å². The first-order chi connectivity index (χ1) is 8.34. The van der Waals surface area contributed by atoms with Gasteiger partial charge in [-0.1, -0.05) is 6.07 Å². The second-order valence-corrected chi connectivity index (χ2v) is 5.79. The Labute approximate surface area is 108 Å². The van der Waals surface area contributed by atoms with E-state index in [1.807, 2.05) is 20.8 Å². The van der Waals surface area contributed by atoms with Gasteiger partial charge in [0.1, 0.15) is 0 Å². The van der Waals surface area contributed by atoms with Crippen molar-refractivity contribution >= 4 is 15.7 Å². The summed E-state index contributed by atoms with van der Waals surface area (Å²) in [6.45, 7) is 7.03. The van der Waals surface area contributed by atoms with Crippen LogP contribution in [0.5, 0.6) is 0 Å². The highest BCUT2D eigenvalue weighted by molar-refractivity contribution is 7.89. The van der Waals surface area contributed by atoms with Crippen molar-refractivity contribution in [3.8, 4) is 0 Å². The second-order valence-electron chi connectivity index (χ2n) is 4.23. The lowest BCUT2D eigenvalue weighted by Crippen LogP contribution is -2.22. The third kappa shape index (κ3) is 4.29. The van der Waals surface area contributed by atoms with Crippen LogP contribution in [-0.2, 0) is 14.8 Å². The Bertz CT molecular complexity index is 500. The number of hydrogen-bond acceptors (Lipinski definition) is 4. The zero-order chi connectivity index (χ0) is 13.8. The van der Waals surface area contributed by atoms with Crippen LogP contribution in [0, 0.1) is 6.92 Å². The molecular weight excluding hydrogens is 252 g/mol.